The Morgan fingerprint density at radius 1 is 0.872 bits per heavy atom. The molecule has 1 saturated carbocycles. The Bertz CT molecular complexity index is 1270. The van der Waals surface area contributed by atoms with Gasteiger partial charge < -0.3 is 15.0 Å². The molecular weight excluding hydrogens is 584 g/mol. The van der Waals surface area contributed by atoms with E-state index in [2.05, 4.69) is 56.2 Å². The van der Waals surface area contributed by atoms with Gasteiger partial charge in [-0.2, -0.15) is 0 Å². The number of hydrogen-bond donors (Lipinski definition) is 1. The normalized spacial score (nSPS) is 19.1. The van der Waals surface area contributed by atoms with Crippen LogP contribution in [-0.2, 0) is 25.7 Å². The largest absolute Gasteiger partial charge is 0.374 e. The van der Waals surface area contributed by atoms with Crippen molar-refractivity contribution in [2.75, 3.05) is 13.2 Å². The number of ketones is 2. The molecule has 1 fully saturated rings. The Kier molecular flexibility index (Phi) is 15.9. The van der Waals surface area contributed by atoms with Crippen molar-refractivity contribution in [2.45, 2.75) is 112 Å². The van der Waals surface area contributed by atoms with Crippen LogP contribution >= 0.6 is 0 Å². The van der Waals surface area contributed by atoms with E-state index in [9.17, 15) is 14.4 Å². The fraction of sp³-hybridized carbons (Fsp3) is 0.585. The molecule has 258 valence electrons. The fourth-order valence-corrected chi connectivity index (χ4v) is 6.77. The lowest BCUT2D eigenvalue weighted by atomic mass is 9.80. The number of carbonyl (C=O) groups is 3. The minimum atomic E-state index is -0.710. The van der Waals surface area contributed by atoms with Gasteiger partial charge in [-0.15, -0.1) is 0 Å². The lowest BCUT2D eigenvalue weighted by Crippen LogP contribution is -2.45. The van der Waals surface area contributed by atoms with E-state index in [1.807, 2.05) is 69.3 Å². The monoisotopic (exact) mass is 644 g/mol. The molecule has 6 heteroatoms. The number of carbonyl (C=O) groups excluding carboxylic acids is 3. The molecule has 3 rings (SSSR count). The highest BCUT2D eigenvalue weighted by Crippen LogP contribution is 2.38. The Morgan fingerprint density at radius 3 is 2.11 bits per heavy atom. The first kappa shape index (κ1) is 38.2. The number of likely N-dealkylation sites (N-methyl/N-ethyl adjacent to an activating group) is 1. The molecular formula is C41H60N2O4. The lowest BCUT2D eigenvalue weighted by Gasteiger charge is -2.34. The second-order valence-corrected chi connectivity index (χ2v) is 14.3. The second kappa shape index (κ2) is 19.5. The number of allylic oxidation sites excluding steroid dienone is 1. The number of hydrogen-bond acceptors (Lipinski definition) is 5. The van der Waals surface area contributed by atoms with Gasteiger partial charge in [-0.1, -0.05) is 114 Å². The van der Waals surface area contributed by atoms with Gasteiger partial charge in [0, 0.05) is 24.8 Å². The smallest absolute Gasteiger partial charge is 0.223 e. The first-order chi connectivity index (χ1) is 22.5. The lowest BCUT2D eigenvalue weighted by molar-refractivity contribution is -0.131. The molecule has 0 heterocycles. The summed E-state index contributed by atoms with van der Waals surface area (Å²) < 4.78 is 5.88. The van der Waals surface area contributed by atoms with Gasteiger partial charge in [-0.05, 0) is 74.6 Å². The van der Waals surface area contributed by atoms with E-state index in [4.69, 9.17) is 4.74 Å². The van der Waals surface area contributed by atoms with Gasteiger partial charge in [0.2, 0.25) is 5.91 Å². The molecule has 0 saturated heterocycles. The van der Waals surface area contributed by atoms with Crippen LogP contribution in [0.3, 0.4) is 0 Å². The Labute approximate surface area is 284 Å². The molecule has 2 aromatic carbocycles. The van der Waals surface area contributed by atoms with Gasteiger partial charge >= 0.3 is 0 Å². The Balaban J connectivity index is 1.72. The van der Waals surface area contributed by atoms with Gasteiger partial charge in [0.1, 0.15) is 12.1 Å². The number of rotatable bonds is 18. The summed E-state index contributed by atoms with van der Waals surface area (Å²) in [5.74, 6) is 1.64. The van der Waals surface area contributed by atoms with Crippen molar-refractivity contribution in [2.24, 2.45) is 29.6 Å². The van der Waals surface area contributed by atoms with Crippen LogP contribution in [0.5, 0.6) is 0 Å². The van der Waals surface area contributed by atoms with Crippen LogP contribution in [0.1, 0.15) is 111 Å². The summed E-state index contributed by atoms with van der Waals surface area (Å²) in [6.07, 6.45) is 8.78. The minimum Gasteiger partial charge on any atom is -0.374 e. The zero-order valence-electron chi connectivity index (χ0n) is 30.0. The van der Waals surface area contributed by atoms with Gasteiger partial charge in [-0.25, -0.2) is 0 Å². The third-order valence-electron chi connectivity index (χ3n) is 10.0. The van der Waals surface area contributed by atoms with Crippen LogP contribution in [0, 0.1) is 29.6 Å². The summed E-state index contributed by atoms with van der Waals surface area (Å²) in [7, 11) is 0. The van der Waals surface area contributed by atoms with E-state index in [0.29, 0.717) is 31.4 Å². The number of nitrogens with one attached hydrogen (secondary N) is 1. The van der Waals surface area contributed by atoms with Crippen molar-refractivity contribution in [3.63, 3.8) is 0 Å². The van der Waals surface area contributed by atoms with Crippen molar-refractivity contribution < 1.29 is 19.1 Å². The zero-order chi connectivity index (χ0) is 34.3. The summed E-state index contributed by atoms with van der Waals surface area (Å²) in [4.78, 5) is 42.5. The number of benzene rings is 2. The second-order valence-electron chi connectivity index (χ2n) is 14.3. The van der Waals surface area contributed by atoms with Crippen LogP contribution in [0.4, 0.5) is 0 Å². The third-order valence-corrected chi connectivity index (χ3v) is 10.0. The summed E-state index contributed by atoms with van der Waals surface area (Å²) in [6, 6.07) is 18.8. The summed E-state index contributed by atoms with van der Waals surface area (Å²) in [6.45, 7) is 15.7. The highest BCUT2D eigenvalue weighted by Gasteiger charge is 2.34. The van der Waals surface area contributed by atoms with E-state index >= 15 is 0 Å². The van der Waals surface area contributed by atoms with E-state index in [1.165, 1.54) is 19.3 Å². The number of ether oxygens (including phenoxy) is 1. The molecule has 1 amide bonds. The molecule has 2 aromatic rings. The summed E-state index contributed by atoms with van der Waals surface area (Å²) >= 11 is 0. The number of amides is 1. The molecule has 6 nitrogen and oxygen atoms in total. The average molecular weight is 645 g/mol. The first-order valence-corrected chi connectivity index (χ1v) is 18.0. The SMILES string of the molecule is CCN(/C=C(\C)CCC(=O)[C@@H](COCc1ccccc1)NC(=O)C(C)C)C(C(=O)C(C)C1CCCC(C(C)C)CC1)c1ccccc1. The fourth-order valence-electron chi connectivity index (χ4n) is 6.77. The Hall–Kier alpha value is -3.25. The van der Waals surface area contributed by atoms with E-state index < -0.39 is 6.04 Å². The molecule has 0 aromatic heterocycles. The van der Waals surface area contributed by atoms with Crippen LogP contribution in [0.15, 0.2) is 72.4 Å². The van der Waals surface area contributed by atoms with Gasteiger partial charge in [0.15, 0.2) is 11.6 Å². The van der Waals surface area contributed by atoms with Crippen molar-refractivity contribution >= 4 is 17.5 Å². The van der Waals surface area contributed by atoms with Gasteiger partial charge in [-0.3, -0.25) is 14.4 Å². The maximum Gasteiger partial charge on any atom is 0.223 e. The van der Waals surface area contributed by atoms with E-state index in [-0.39, 0.29) is 48.4 Å². The van der Waals surface area contributed by atoms with E-state index in [1.54, 1.807) is 0 Å². The average Bonchev–Trinajstić information content (AvgIpc) is 3.33. The number of nitrogens with zero attached hydrogens (tertiary/aromatic N) is 1. The molecule has 5 atom stereocenters. The molecule has 1 aliphatic carbocycles. The highest BCUT2D eigenvalue weighted by atomic mass is 16.5. The van der Waals surface area contributed by atoms with Crippen molar-refractivity contribution in [1.82, 2.24) is 10.2 Å². The first-order valence-electron chi connectivity index (χ1n) is 18.0. The van der Waals surface area contributed by atoms with Gasteiger partial charge in [0.05, 0.1) is 13.2 Å². The molecule has 0 aliphatic heterocycles. The van der Waals surface area contributed by atoms with Crippen LogP contribution in [-0.4, -0.2) is 41.6 Å². The molecule has 4 unspecified atom stereocenters. The maximum atomic E-state index is 14.4. The van der Waals surface area contributed by atoms with Crippen molar-refractivity contribution in [3.05, 3.63) is 83.6 Å². The predicted octanol–water partition coefficient (Wildman–Crippen LogP) is 8.72. The minimum absolute atomic E-state index is 0.0309. The summed E-state index contributed by atoms with van der Waals surface area (Å²) in [5, 5.41) is 2.90. The molecule has 1 aliphatic rings. The highest BCUT2D eigenvalue weighted by molar-refractivity contribution is 5.90. The number of Topliss-reactive ketones (excluding diaryl/α,β-unsaturated/α-hetero) is 2. The Morgan fingerprint density at radius 2 is 1.49 bits per heavy atom. The maximum absolute atomic E-state index is 14.4. The third kappa shape index (κ3) is 12.1. The zero-order valence-corrected chi connectivity index (χ0v) is 30.0. The van der Waals surface area contributed by atoms with E-state index in [0.717, 1.165) is 35.5 Å². The molecule has 0 spiro atoms. The molecule has 0 radical (unpaired) electrons. The summed E-state index contributed by atoms with van der Waals surface area (Å²) in [5.41, 5.74) is 3.05. The molecule has 0 bridgehead atoms. The molecule has 1 N–H and O–H groups in total. The topological polar surface area (TPSA) is 75.7 Å². The predicted molar refractivity (Wildman–Crippen MR) is 192 cm³/mol. The van der Waals surface area contributed by atoms with Crippen LogP contribution in [0.25, 0.3) is 0 Å². The standard InChI is InChI=1S/C41H60N2O4/c1-8-43(39(36-18-13-10-14-19-36)40(45)32(7)35-21-15-20-34(23-24-35)29(2)3)26-31(6)22-25-38(44)37(42-41(46)30(4)5)28-47-27-33-16-11-9-12-17-33/h9-14,16-19,26,29-30,32,34-35,37,39H,8,15,20-25,27-28H2,1-7H3,(H,42,46)/b31-26+/t32?,34?,35?,37-,39?/m1/s1. The van der Waals surface area contributed by atoms with Crippen LogP contribution in [0.2, 0.25) is 0 Å². The van der Waals surface area contributed by atoms with Crippen LogP contribution < -0.4 is 5.32 Å². The van der Waals surface area contributed by atoms with Gasteiger partial charge in [0.25, 0.3) is 0 Å². The van der Waals surface area contributed by atoms with Crippen molar-refractivity contribution in [3.8, 4) is 0 Å². The quantitative estimate of drug-likeness (QED) is 0.164. The molecule has 47 heavy (non-hydrogen) atoms. The van der Waals surface area contributed by atoms with Crippen molar-refractivity contribution in [1.29, 1.82) is 0 Å².